The van der Waals surface area contributed by atoms with E-state index in [-0.39, 0.29) is 22.3 Å². The monoisotopic (exact) mass is 649 g/mol. The molecule has 1 aromatic heterocycles. The van der Waals surface area contributed by atoms with Crippen LogP contribution in [0.1, 0.15) is 49.4 Å². The zero-order valence-corrected chi connectivity index (χ0v) is 26.6. The van der Waals surface area contributed by atoms with Gasteiger partial charge in [0.05, 0.1) is 31.9 Å². The molecule has 0 bridgehead atoms. The van der Waals surface area contributed by atoms with Crippen LogP contribution in [-0.4, -0.2) is 47.3 Å². The summed E-state index contributed by atoms with van der Waals surface area (Å²) in [6.07, 6.45) is 1.83. The Labute approximate surface area is 268 Å². The van der Waals surface area contributed by atoms with Gasteiger partial charge in [-0.25, -0.2) is 4.39 Å². The zero-order valence-electron chi connectivity index (χ0n) is 25.0. The van der Waals surface area contributed by atoms with Crippen LogP contribution in [0.5, 0.6) is 17.2 Å². The highest BCUT2D eigenvalue weighted by Gasteiger charge is 2.48. The van der Waals surface area contributed by atoms with Crippen LogP contribution in [0.2, 0.25) is 0 Å². The minimum Gasteiger partial charge on any atom is -0.507 e. The van der Waals surface area contributed by atoms with Gasteiger partial charge in [-0.3, -0.25) is 14.5 Å². The summed E-state index contributed by atoms with van der Waals surface area (Å²) in [5, 5.41) is 20.1. The van der Waals surface area contributed by atoms with Crippen molar-refractivity contribution in [1.82, 2.24) is 10.2 Å². The normalized spacial score (nSPS) is 15.8. The molecule has 1 unspecified atom stereocenters. The van der Waals surface area contributed by atoms with Crippen molar-refractivity contribution >= 4 is 45.7 Å². The molecule has 4 aromatic rings. The highest BCUT2D eigenvalue weighted by Crippen LogP contribution is 2.46. The highest BCUT2D eigenvalue weighted by atomic mass is 32.2. The third-order valence-corrected chi connectivity index (χ3v) is 9.16. The van der Waals surface area contributed by atoms with Gasteiger partial charge >= 0.3 is 5.91 Å². The lowest BCUT2D eigenvalue weighted by Crippen LogP contribution is -2.29. The molecule has 12 heteroatoms. The van der Waals surface area contributed by atoms with Crippen LogP contribution in [0, 0.1) is 5.82 Å². The molecule has 1 aliphatic rings. The summed E-state index contributed by atoms with van der Waals surface area (Å²) in [7, 11) is 1.52. The molecule has 1 N–H and O–H groups in total. The van der Waals surface area contributed by atoms with Crippen LogP contribution in [-0.2, 0) is 15.3 Å². The summed E-state index contributed by atoms with van der Waals surface area (Å²) in [4.78, 5) is 28.5. The fourth-order valence-corrected chi connectivity index (χ4v) is 6.63. The molecule has 234 valence electrons. The molecule has 0 radical (unpaired) electrons. The van der Waals surface area contributed by atoms with E-state index in [2.05, 4.69) is 17.1 Å². The van der Waals surface area contributed by atoms with Crippen LogP contribution in [0.3, 0.4) is 0 Å². The van der Waals surface area contributed by atoms with E-state index in [9.17, 15) is 19.1 Å². The number of unbranched alkanes of at least 4 members (excludes halogenated alkanes) is 1. The Morgan fingerprint density at radius 3 is 2.51 bits per heavy atom. The molecule has 9 nitrogen and oxygen atoms in total. The van der Waals surface area contributed by atoms with Crippen molar-refractivity contribution in [2.75, 3.05) is 25.2 Å². The van der Waals surface area contributed by atoms with E-state index >= 15 is 0 Å². The molecule has 0 spiro atoms. The number of thioether (sulfide) groups is 1. The van der Waals surface area contributed by atoms with E-state index in [4.69, 9.17) is 14.2 Å². The van der Waals surface area contributed by atoms with Crippen LogP contribution < -0.4 is 19.1 Å². The van der Waals surface area contributed by atoms with Gasteiger partial charge in [-0.05, 0) is 66.9 Å². The Hall–Kier alpha value is -4.42. The quantitative estimate of drug-likeness (QED) is 0.0402. The van der Waals surface area contributed by atoms with Crippen molar-refractivity contribution in [1.29, 1.82) is 0 Å². The summed E-state index contributed by atoms with van der Waals surface area (Å²) in [5.41, 5.74) is 1.24. The number of Topliss-reactive ketones (excluding diaryl/α,β-unsaturated/α-hetero) is 1. The molecule has 5 rings (SSSR count). The molecular weight excluding hydrogens is 618 g/mol. The van der Waals surface area contributed by atoms with Crippen molar-refractivity contribution in [2.45, 2.75) is 42.8 Å². The van der Waals surface area contributed by atoms with Crippen molar-refractivity contribution in [2.24, 2.45) is 0 Å². The van der Waals surface area contributed by atoms with E-state index in [0.717, 1.165) is 24.2 Å². The fraction of sp³-hybridized carbons (Fsp3) is 0.273. The van der Waals surface area contributed by atoms with Gasteiger partial charge in [-0.1, -0.05) is 60.7 Å². The lowest BCUT2D eigenvalue weighted by molar-refractivity contribution is -0.132. The number of methoxy groups -OCH3 is 1. The standard InChI is InChI=1S/C33H32FN3O6S2/c1-4-6-17-43-25-16-13-21(18-26(25)42-5-2)28-27(29(38)20-11-14-23(41-3)15-12-20)30(39)31(40)37(28)32-35-36-33(45-32)44-19-22-9-7-8-10-24(22)34/h7-16,18,28,38H,4-6,17,19H2,1-3H3. The molecule has 3 aromatic carbocycles. The number of benzene rings is 3. The number of rotatable bonds is 13. The summed E-state index contributed by atoms with van der Waals surface area (Å²) < 4.78 is 31.7. The molecule has 1 amide bonds. The Morgan fingerprint density at radius 1 is 1.02 bits per heavy atom. The van der Waals surface area contributed by atoms with E-state index in [1.807, 2.05) is 6.92 Å². The number of carbonyl (C=O) groups excluding carboxylic acids is 2. The van der Waals surface area contributed by atoms with Gasteiger partial charge in [-0.15, -0.1) is 10.2 Å². The third-order valence-electron chi connectivity index (χ3n) is 7.06. The number of aliphatic hydroxyl groups excluding tert-OH is 1. The number of ether oxygens (including phenoxy) is 3. The minimum absolute atomic E-state index is 0.108. The number of nitrogens with zero attached hydrogens (tertiary/aromatic N) is 3. The second-order valence-electron chi connectivity index (χ2n) is 9.97. The molecule has 45 heavy (non-hydrogen) atoms. The Balaban J connectivity index is 1.57. The molecule has 1 fully saturated rings. The van der Waals surface area contributed by atoms with Crippen LogP contribution in [0.4, 0.5) is 9.52 Å². The fourth-order valence-electron chi connectivity index (χ4n) is 4.77. The molecule has 1 aliphatic heterocycles. The second-order valence-corrected chi connectivity index (χ2v) is 12.1. The first-order valence-electron chi connectivity index (χ1n) is 14.4. The minimum atomic E-state index is -1.05. The Kier molecular flexibility index (Phi) is 10.4. The van der Waals surface area contributed by atoms with E-state index in [0.29, 0.717) is 57.2 Å². The van der Waals surface area contributed by atoms with Gasteiger partial charge in [-0.2, -0.15) is 0 Å². The summed E-state index contributed by atoms with van der Waals surface area (Å²) in [5.74, 6) is -0.558. The average molecular weight is 650 g/mol. The summed E-state index contributed by atoms with van der Waals surface area (Å²) >= 11 is 2.37. The second kappa shape index (κ2) is 14.6. The Bertz CT molecular complexity index is 1710. The maximum atomic E-state index is 14.2. The van der Waals surface area contributed by atoms with E-state index in [1.54, 1.807) is 60.7 Å². The molecule has 2 heterocycles. The molecule has 1 saturated heterocycles. The first-order chi connectivity index (χ1) is 21.9. The SMILES string of the molecule is CCCCOc1ccc(C2C(=C(O)c3ccc(OC)cc3)C(=O)C(=O)N2c2nnc(SCc3ccccc3F)s2)cc1OCC. The number of carbonyl (C=O) groups is 2. The zero-order chi connectivity index (χ0) is 31.9. The van der Waals surface area contributed by atoms with Gasteiger partial charge in [0, 0.05) is 11.3 Å². The lowest BCUT2D eigenvalue weighted by atomic mass is 9.95. The van der Waals surface area contributed by atoms with Crippen molar-refractivity contribution in [3.8, 4) is 17.2 Å². The first-order valence-corrected chi connectivity index (χ1v) is 16.2. The molecule has 1 atom stereocenters. The van der Waals surface area contributed by atoms with Crippen LogP contribution in [0.25, 0.3) is 5.76 Å². The molecule has 0 saturated carbocycles. The van der Waals surface area contributed by atoms with E-state index < -0.39 is 17.7 Å². The summed E-state index contributed by atoms with van der Waals surface area (Å²) in [6, 6.07) is 17.1. The topological polar surface area (TPSA) is 111 Å². The Morgan fingerprint density at radius 2 is 1.80 bits per heavy atom. The predicted octanol–water partition coefficient (Wildman–Crippen LogP) is 7.18. The van der Waals surface area contributed by atoms with Gasteiger partial charge in [0.25, 0.3) is 5.78 Å². The number of amides is 1. The maximum Gasteiger partial charge on any atom is 0.301 e. The largest absolute Gasteiger partial charge is 0.507 e. The number of anilines is 1. The van der Waals surface area contributed by atoms with Gasteiger partial charge in [0.15, 0.2) is 15.8 Å². The molecular formula is C33H32FN3O6S2. The number of aromatic nitrogens is 2. The number of hydrogen-bond acceptors (Lipinski definition) is 10. The predicted molar refractivity (Wildman–Crippen MR) is 172 cm³/mol. The maximum absolute atomic E-state index is 14.2. The van der Waals surface area contributed by atoms with Crippen LogP contribution >= 0.6 is 23.1 Å². The lowest BCUT2D eigenvalue weighted by Gasteiger charge is -2.23. The summed E-state index contributed by atoms with van der Waals surface area (Å²) in [6.45, 7) is 4.78. The molecule has 0 aliphatic carbocycles. The average Bonchev–Trinajstić information content (AvgIpc) is 3.62. The van der Waals surface area contributed by atoms with Gasteiger partial charge in [0.1, 0.15) is 17.3 Å². The van der Waals surface area contributed by atoms with Gasteiger partial charge in [0.2, 0.25) is 5.13 Å². The first kappa shape index (κ1) is 32.0. The number of hydrogen-bond donors (Lipinski definition) is 1. The highest BCUT2D eigenvalue weighted by molar-refractivity contribution is 8.00. The van der Waals surface area contributed by atoms with Crippen molar-refractivity contribution in [3.05, 3.63) is 94.8 Å². The van der Waals surface area contributed by atoms with E-state index in [1.165, 1.54) is 29.8 Å². The number of aliphatic hydroxyl groups is 1. The third kappa shape index (κ3) is 6.97. The van der Waals surface area contributed by atoms with Gasteiger partial charge < -0.3 is 19.3 Å². The van der Waals surface area contributed by atoms with Crippen LogP contribution in [0.15, 0.2) is 76.6 Å². The number of ketones is 1. The smallest absolute Gasteiger partial charge is 0.301 e. The number of halogens is 1. The van der Waals surface area contributed by atoms with Crippen molar-refractivity contribution < 1.29 is 33.3 Å². The van der Waals surface area contributed by atoms with Crippen molar-refractivity contribution in [3.63, 3.8) is 0 Å².